The molecule has 0 radical (unpaired) electrons. The van der Waals surface area contributed by atoms with E-state index in [2.05, 4.69) is 21.4 Å². The first-order valence-corrected chi connectivity index (χ1v) is 8.27. The Kier molecular flexibility index (Phi) is 5.16. The number of nitrogens with zero attached hydrogens (tertiary/aromatic N) is 2. The number of carbonyl (C=O) groups is 1. The number of hydrogen-bond acceptors (Lipinski definition) is 4. The van der Waals surface area contributed by atoms with Crippen molar-refractivity contribution in [2.75, 3.05) is 11.9 Å². The van der Waals surface area contributed by atoms with Gasteiger partial charge >= 0.3 is 0 Å². The van der Waals surface area contributed by atoms with E-state index in [-0.39, 0.29) is 0 Å². The van der Waals surface area contributed by atoms with E-state index in [1.807, 2.05) is 49.5 Å². The summed E-state index contributed by atoms with van der Waals surface area (Å²) in [6.45, 7) is 2.81. The number of unbranched alkanes of at least 4 members (excludes halogenated alkanes) is 1. The standard InChI is InChI=1S/C20H21N3O/c1-15-9-10-16(23-20(15)14-24)6-4-5-12-21-19-11-13-22-18-8-3-2-7-17(18)19/h2-3,7-11,13-14H,4-6,12H2,1H3,(H,21,22). The maximum Gasteiger partial charge on any atom is 0.168 e. The van der Waals surface area contributed by atoms with Gasteiger partial charge in [0, 0.05) is 29.5 Å². The molecule has 0 aliphatic carbocycles. The van der Waals surface area contributed by atoms with Crippen LogP contribution >= 0.6 is 0 Å². The molecule has 0 bridgehead atoms. The van der Waals surface area contributed by atoms with Gasteiger partial charge in [-0.1, -0.05) is 24.3 Å². The lowest BCUT2D eigenvalue weighted by molar-refractivity contribution is 0.111. The number of para-hydroxylation sites is 1. The van der Waals surface area contributed by atoms with Crippen LogP contribution in [0, 0.1) is 6.92 Å². The third-order valence-corrected chi connectivity index (χ3v) is 4.13. The molecule has 24 heavy (non-hydrogen) atoms. The quantitative estimate of drug-likeness (QED) is 0.524. The smallest absolute Gasteiger partial charge is 0.168 e. The number of benzene rings is 1. The van der Waals surface area contributed by atoms with Crippen LogP contribution < -0.4 is 5.32 Å². The Morgan fingerprint density at radius 2 is 1.96 bits per heavy atom. The van der Waals surface area contributed by atoms with Gasteiger partial charge < -0.3 is 5.32 Å². The van der Waals surface area contributed by atoms with Gasteiger partial charge in [0.15, 0.2) is 6.29 Å². The average molecular weight is 319 g/mol. The van der Waals surface area contributed by atoms with Crippen molar-refractivity contribution >= 4 is 22.9 Å². The van der Waals surface area contributed by atoms with Gasteiger partial charge in [-0.3, -0.25) is 9.78 Å². The molecular formula is C20H21N3O. The molecule has 0 fully saturated rings. The number of aldehydes is 1. The van der Waals surface area contributed by atoms with Crippen LogP contribution in [0.15, 0.2) is 48.7 Å². The summed E-state index contributed by atoms with van der Waals surface area (Å²) in [5.41, 5.74) is 4.59. The van der Waals surface area contributed by atoms with Crippen LogP contribution in [0.1, 0.15) is 34.6 Å². The highest BCUT2D eigenvalue weighted by molar-refractivity contribution is 5.90. The number of carbonyl (C=O) groups excluding carboxylic acids is 1. The normalized spacial score (nSPS) is 10.7. The van der Waals surface area contributed by atoms with Crippen molar-refractivity contribution in [3.05, 3.63) is 65.6 Å². The Morgan fingerprint density at radius 1 is 1.08 bits per heavy atom. The third kappa shape index (κ3) is 3.77. The zero-order chi connectivity index (χ0) is 16.8. The monoisotopic (exact) mass is 319 g/mol. The average Bonchev–Trinajstić information content (AvgIpc) is 2.63. The van der Waals surface area contributed by atoms with Crippen molar-refractivity contribution in [2.24, 2.45) is 0 Å². The van der Waals surface area contributed by atoms with E-state index in [0.29, 0.717) is 5.69 Å². The molecule has 4 heteroatoms. The Bertz CT molecular complexity index is 840. The fourth-order valence-corrected chi connectivity index (χ4v) is 2.75. The van der Waals surface area contributed by atoms with E-state index in [0.717, 1.165) is 59.9 Å². The zero-order valence-electron chi connectivity index (χ0n) is 13.8. The van der Waals surface area contributed by atoms with Crippen LogP contribution in [0.3, 0.4) is 0 Å². The SMILES string of the molecule is Cc1ccc(CCCCNc2ccnc3ccccc23)nc1C=O. The molecule has 0 aliphatic rings. The van der Waals surface area contributed by atoms with Crippen LogP contribution in [0.5, 0.6) is 0 Å². The Hall–Kier alpha value is -2.75. The van der Waals surface area contributed by atoms with Gasteiger partial charge in [-0.05, 0) is 49.9 Å². The summed E-state index contributed by atoms with van der Waals surface area (Å²) in [5.74, 6) is 0. The molecule has 122 valence electrons. The fourth-order valence-electron chi connectivity index (χ4n) is 2.75. The molecule has 0 spiro atoms. The topological polar surface area (TPSA) is 54.9 Å². The van der Waals surface area contributed by atoms with Crippen molar-refractivity contribution in [1.82, 2.24) is 9.97 Å². The zero-order valence-corrected chi connectivity index (χ0v) is 13.8. The van der Waals surface area contributed by atoms with Crippen molar-refractivity contribution in [3.63, 3.8) is 0 Å². The molecule has 0 amide bonds. The van der Waals surface area contributed by atoms with E-state index >= 15 is 0 Å². The number of anilines is 1. The number of aryl methyl sites for hydroxylation is 2. The second kappa shape index (κ2) is 7.68. The lowest BCUT2D eigenvalue weighted by atomic mass is 10.1. The number of pyridine rings is 2. The minimum absolute atomic E-state index is 0.550. The molecular weight excluding hydrogens is 298 g/mol. The highest BCUT2D eigenvalue weighted by Crippen LogP contribution is 2.20. The maximum absolute atomic E-state index is 10.9. The van der Waals surface area contributed by atoms with Gasteiger partial charge in [-0.2, -0.15) is 0 Å². The first-order chi connectivity index (χ1) is 11.8. The molecule has 3 aromatic rings. The van der Waals surface area contributed by atoms with E-state index in [4.69, 9.17) is 0 Å². The molecule has 1 aromatic carbocycles. The molecule has 0 unspecified atom stereocenters. The molecule has 0 saturated carbocycles. The largest absolute Gasteiger partial charge is 0.384 e. The minimum Gasteiger partial charge on any atom is -0.384 e. The van der Waals surface area contributed by atoms with Crippen LogP contribution in [0.25, 0.3) is 10.9 Å². The second-order valence-corrected chi connectivity index (χ2v) is 5.88. The van der Waals surface area contributed by atoms with E-state index in [1.165, 1.54) is 0 Å². The van der Waals surface area contributed by atoms with E-state index in [1.54, 1.807) is 0 Å². The van der Waals surface area contributed by atoms with E-state index < -0.39 is 0 Å². The van der Waals surface area contributed by atoms with Crippen molar-refractivity contribution in [1.29, 1.82) is 0 Å². The lowest BCUT2D eigenvalue weighted by Gasteiger charge is -2.09. The first kappa shape index (κ1) is 16.1. The van der Waals surface area contributed by atoms with Crippen LogP contribution in [-0.2, 0) is 6.42 Å². The van der Waals surface area contributed by atoms with Gasteiger partial charge in [-0.15, -0.1) is 0 Å². The number of aromatic nitrogens is 2. The molecule has 1 N–H and O–H groups in total. The summed E-state index contributed by atoms with van der Waals surface area (Å²) in [5, 5.41) is 4.64. The van der Waals surface area contributed by atoms with Crippen molar-refractivity contribution < 1.29 is 4.79 Å². The van der Waals surface area contributed by atoms with Crippen LogP contribution in [-0.4, -0.2) is 22.8 Å². The fraction of sp³-hybridized carbons (Fsp3) is 0.250. The molecule has 3 rings (SSSR count). The van der Waals surface area contributed by atoms with Crippen LogP contribution in [0.2, 0.25) is 0 Å². The van der Waals surface area contributed by atoms with Gasteiger partial charge in [0.1, 0.15) is 5.69 Å². The second-order valence-electron chi connectivity index (χ2n) is 5.88. The molecule has 0 saturated heterocycles. The molecule has 4 nitrogen and oxygen atoms in total. The third-order valence-electron chi connectivity index (χ3n) is 4.13. The lowest BCUT2D eigenvalue weighted by Crippen LogP contribution is -2.04. The van der Waals surface area contributed by atoms with Gasteiger partial charge in [0.2, 0.25) is 0 Å². The minimum atomic E-state index is 0.550. The Balaban J connectivity index is 1.51. The summed E-state index contributed by atoms with van der Waals surface area (Å²) >= 11 is 0. The maximum atomic E-state index is 10.9. The first-order valence-electron chi connectivity index (χ1n) is 8.27. The number of hydrogen-bond donors (Lipinski definition) is 1. The Morgan fingerprint density at radius 3 is 2.83 bits per heavy atom. The van der Waals surface area contributed by atoms with Gasteiger partial charge in [-0.25, -0.2) is 4.98 Å². The number of rotatable bonds is 7. The number of nitrogens with one attached hydrogen (secondary N) is 1. The van der Waals surface area contributed by atoms with Crippen LogP contribution in [0.4, 0.5) is 5.69 Å². The van der Waals surface area contributed by atoms with Gasteiger partial charge in [0.25, 0.3) is 0 Å². The summed E-state index contributed by atoms with van der Waals surface area (Å²) in [7, 11) is 0. The predicted molar refractivity (Wildman–Crippen MR) is 97.5 cm³/mol. The highest BCUT2D eigenvalue weighted by atomic mass is 16.1. The summed E-state index contributed by atoms with van der Waals surface area (Å²) in [6.07, 6.45) is 5.63. The van der Waals surface area contributed by atoms with Crippen molar-refractivity contribution in [3.8, 4) is 0 Å². The Labute approximate surface area is 142 Å². The summed E-state index contributed by atoms with van der Waals surface area (Å²) in [4.78, 5) is 19.7. The molecule has 2 heterocycles. The molecule has 0 aliphatic heterocycles. The molecule has 0 atom stereocenters. The molecule has 2 aromatic heterocycles. The van der Waals surface area contributed by atoms with E-state index in [9.17, 15) is 4.79 Å². The predicted octanol–water partition coefficient (Wildman–Crippen LogP) is 4.19. The van der Waals surface area contributed by atoms with Gasteiger partial charge in [0.05, 0.1) is 5.52 Å². The highest BCUT2D eigenvalue weighted by Gasteiger charge is 2.02. The summed E-state index contributed by atoms with van der Waals surface area (Å²) < 4.78 is 0. The number of fused-ring (bicyclic) bond motifs is 1. The van der Waals surface area contributed by atoms with Crippen molar-refractivity contribution in [2.45, 2.75) is 26.2 Å². The summed E-state index contributed by atoms with van der Waals surface area (Å²) in [6, 6.07) is 14.1.